The van der Waals surface area contributed by atoms with Crippen molar-refractivity contribution < 1.29 is 88.6 Å². The summed E-state index contributed by atoms with van der Waals surface area (Å²) in [5.74, 6) is -2.20. The highest BCUT2D eigenvalue weighted by molar-refractivity contribution is 5.78. The Hall–Kier alpha value is -3.74. The summed E-state index contributed by atoms with van der Waals surface area (Å²) in [6.45, 7) is 5.24. The molecule has 1 saturated heterocycles. The Morgan fingerprint density at radius 1 is 0.278 bits per heavy atom. The van der Waals surface area contributed by atoms with Crippen molar-refractivity contribution in [1.29, 1.82) is 0 Å². The van der Waals surface area contributed by atoms with Crippen molar-refractivity contribution in [3.05, 3.63) is 0 Å². The largest absolute Gasteiger partial charge is 0.464 e. The van der Waals surface area contributed by atoms with Gasteiger partial charge in [-0.15, -0.1) is 0 Å². The molecule has 1 aliphatic heterocycles. The second kappa shape index (κ2) is 43.6. The van der Waals surface area contributed by atoms with Gasteiger partial charge in [0, 0.05) is 157 Å². The number of nitrogens with zero attached hydrogens (tertiary/aromatic N) is 8. The fourth-order valence-corrected chi connectivity index (χ4v) is 7.61. The number of ether oxygens (including phenoxy) is 4. The molecule has 0 unspecified atom stereocenters. The molecule has 0 atom stereocenters. The number of carbonyl (C=O) groups is 6. The summed E-state index contributed by atoms with van der Waals surface area (Å²) in [6.07, 6.45) is 0.372. The van der Waals surface area contributed by atoms with Crippen LogP contribution >= 0.6 is 0 Å². The van der Waals surface area contributed by atoms with E-state index in [1.807, 2.05) is 9.80 Å². The van der Waals surface area contributed by atoms with Crippen LogP contribution in [0.2, 0.25) is 0 Å². The van der Waals surface area contributed by atoms with Crippen LogP contribution in [0.15, 0.2) is 0 Å². The molecule has 72 heavy (non-hydrogen) atoms. The van der Waals surface area contributed by atoms with Gasteiger partial charge in [0.2, 0.25) is 11.8 Å². The Labute approximate surface area is 424 Å². The number of hydrogen-bond acceptors (Lipinski definition) is 24. The standard InChI is InChI=1S/C46H88N8O18/c55-29-17-47(18-30-56)9-3-43(65)69-37-25-51(26-38-70-44(66)4-10-48(19-31-57)20-32-58)7-1-41(63)53-13-15-54(16-14-53)42(64)2-8-52(27-39-71-45(67)5-11-49(21-33-59)22-34-60)28-40-72-46(68)6-12-50(23-35-61)24-36-62/h55-62H,1-40H2. The molecule has 26 heteroatoms. The minimum atomic E-state index is -0.473. The molecule has 420 valence electrons. The Bertz CT molecular complexity index is 1250. The zero-order valence-corrected chi connectivity index (χ0v) is 42.5. The minimum Gasteiger partial charge on any atom is -0.464 e. The van der Waals surface area contributed by atoms with E-state index in [9.17, 15) is 69.6 Å². The van der Waals surface area contributed by atoms with Gasteiger partial charge in [-0.05, 0) is 0 Å². The molecule has 0 radical (unpaired) electrons. The van der Waals surface area contributed by atoms with Gasteiger partial charge in [-0.25, -0.2) is 0 Å². The van der Waals surface area contributed by atoms with Crippen molar-refractivity contribution in [2.24, 2.45) is 0 Å². The van der Waals surface area contributed by atoms with Crippen LogP contribution < -0.4 is 0 Å². The highest BCUT2D eigenvalue weighted by Crippen LogP contribution is 2.09. The van der Waals surface area contributed by atoms with E-state index >= 15 is 0 Å². The third kappa shape index (κ3) is 33.2. The first-order valence-electron chi connectivity index (χ1n) is 25.3. The first-order chi connectivity index (χ1) is 34.9. The number of amides is 2. The van der Waals surface area contributed by atoms with Crippen LogP contribution in [0.3, 0.4) is 0 Å². The van der Waals surface area contributed by atoms with Crippen molar-refractivity contribution in [2.45, 2.75) is 38.5 Å². The SMILES string of the molecule is O=C(CCN(CCO)CCO)OCCN(CCOC(=O)CCN(CCO)CCO)CCC(=O)N1CCN(C(=O)CCN(CCOC(=O)CCN(CCO)CCO)CCOC(=O)CCN(CCO)CCO)CC1. The lowest BCUT2D eigenvalue weighted by atomic mass is 10.2. The molecular formula is C46H88N8O18. The lowest BCUT2D eigenvalue weighted by molar-refractivity contribution is -0.147. The molecule has 1 heterocycles. The number of carbonyl (C=O) groups excluding carboxylic acids is 6. The second-order valence-corrected chi connectivity index (χ2v) is 17.0. The summed E-state index contributed by atoms with van der Waals surface area (Å²) in [5, 5.41) is 73.9. The highest BCUT2D eigenvalue weighted by atomic mass is 16.5. The highest BCUT2D eigenvalue weighted by Gasteiger charge is 2.25. The normalized spacial score (nSPS) is 13.0. The van der Waals surface area contributed by atoms with E-state index in [1.54, 1.807) is 29.4 Å². The quantitative estimate of drug-likeness (QED) is 0.0208. The third-order valence-corrected chi connectivity index (χ3v) is 11.8. The zero-order chi connectivity index (χ0) is 53.2. The van der Waals surface area contributed by atoms with Crippen LogP contribution in [0.25, 0.3) is 0 Å². The van der Waals surface area contributed by atoms with Crippen LogP contribution in [0.5, 0.6) is 0 Å². The molecule has 1 rings (SSSR count). The van der Waals surface area contributed by atoms with Crippen molar-refractivity contribution in [1.82, 2.24) is 39.2 Å². The predicted molar refractivity (Wildman–Crippen MR) is 260 cm³/mol. The minimum absolute atomic E-state index is 0.000967. The zero-order valence-electron chi connectivity index (χ0n) is 42.5. The van der Waals surface area contributed by atoms with Gasteiger partial charge in [0.05, 0.1) is 78.5 Å². The molecule has 0 aliphatic carbocycles. The van der Waals surface area contributed by atoms with Gasteiger partial charge in [0.15, 0.2) is 0 Å². The lowest BCUT2D eigenvalue weighted by Gasteiger charge is -2.35. The number of aliphatic hydroxyl groups is 8. The summed E-state index contributed by atoms with van der Waals surface area (Å²) < 4.78 is 21.7. The van der Waals surface area contributed by atoms with Crippen molar-refractivity contribution in [3.8, 4) is 0 Å². The topological polar surface area (TPSA) is 327 Å². The van der Waals surface area contributed by atoms with Crippen LogP contribution in [0.4, 0.5) is 0 Å². The molecule has 0 aromatic rings. The van der Waals surface area contributed by atoms with Crippen LogP contribution in [0, 0.1) is 0 Å². The summed E-state index contributed by atoms with van der Waals surface area (Å²) in [4.78, 5) is 90.9. The fourth-order valence-electron chi connectivity index (χ4n) is 7.61. The Morgan fingerprint density at radius 3 is 0.653 bits per heavy atom. The van der Waals surface area contributed by atoms with Gasteiger partial charge >= 0.3 is 23.9 Å². The Morgan fingerprint density at radius 2 is 0.458 bits per heavy atom. The van der Waals surface area contributed by atoms with Crippen molar-refractivity contribution in [2.75, 3.05) is 223 Å². The van der Waals surface area contributed by atoms with E-state index in [2.05, 4.69) is 0 Å². The number of rotatable bonds is 46. The van der Waals surface area contributed by atoms with Crippen LogP contribution in [-0.4, -0.2) is 339 Å². The maximum Gasteiger partial charge on any atom is 0.307 e. The maximum atomic E-state index is 13.5. The molecule has 0 aromatic heterocycles. The monoisotopic (exact) mass is 1040 g/mol. The predicted octanol–water partition coefficient (Wildman–Crippen LogP) is -6.08. The molecule has 0 aromatic carbocycles. The van der Waals surface area contributed by atoms with Gasteiger partial charge < -0.3 is 69.6 Å². The average molecular weight is 1040 g/mol. The van der Waals surface area contributed by atoms with Gasteiger partial charge in [0.1, 0.15) is 26.4 Å². The fraction of sp³-hybridized carbons (Fsp3) is 0.870. The summed E-state index contributed by atoms with van der Waals surface area (Å²) in [5.41, 5.74) is 0. The molecule has 1 fully saturated rings. The van der Waals surface area contributed by atoms with E-state index in [-0.39, 0.29) is 169 Å². The maximum absolute atomic E-state index is 13.5. The molecule has 2 amide bonds. The summed E-state index contributed by atoms with van der Waals surface area (Å²) >= 11 is 0. The van der Waals surface area contributed by atoms with Crippen molar-refractivity contribution in [3.63, 3.8) is 0 Å². The van der Waals surface area contributed by atoms with Gasteiger partial charge in [-0.2, -0.15) is 0 Å². The van der Waals surface area contributed by atoms with E-state index in [0.717, 1.165) is 0 Å². The Balaban J connectivity index is 2.80. The van der Waals surface area contributed by atoms with E-state index in [4.69, 9.17) is 18.9 Å². The number of esters is 4. The summed E-state index contributed by atoms with van der Waals surface area (Å²) in [7, 11) is 0. The van der Waals surface area contributed by atoms with Crippen molar-refractivity contribution >= 4 is 35.7 Å². The average Bonchev–Trinajstić information content (AvgIpc) is 3.36. The molecule has 26 nitrogen and oxygen atoms in total. The van der Waals surface area contributed by atoms with E-state index in [1.165, 1.54) is 0 Å². The molecule has 0 bridgehead atoms. The van der Waals surface area contributed by atoms with Crippen LogP contribution in [-0.2, 0) is 47.7 Å². The molecular weight excluding hydrogens is 953 g/mol. The van der Waals surface area contributed by atoms with Gasteiger partial charge in [-0.3, -0.25) is 58.2 Å². The Kier molecular flexibility index (Phi) is 40.2. The second-order valence-electron chi connectivity index (χ2n) is 17.0. The molecule has 1 aliphatic rings. The van der Waals surface area contributed by atoms with E-state index < -0.39 is 23.9 Å². The number of hydrogen-bond donors (Lipinski definition) is 8. The first-order valence-corrected chi connectivity index (χ1v) is 25.3. The van der Waals surface area contributed by atoms with E-state index in [0.29, 0.717) is 105 Å². The third-order valence-electron chi connectivity index (χ3n) is 11.8. The van der Waals surface area contributed by atoms with Crippen LogP contribution in [0.1, 0.15) is 38.5 Å². The number of aliphatic hydroxyl groups excluding tert-OH is 8. The smallest absolute Gasteiger partial charge is 0.307 e. The molecule has 0 spiro atoms. The summed E-state index contributed by atoms with van der Waals surface area (Å²) in [6, 6.07) is 0. The number of piperazine rings is 1. The lowest BCUT2D eigenvalue weighted by Crippen LogP contribution is -2.51. The van der Waals surface area contributed by atoms with Gasteiger partial charge in [-0.1, -0.05) is 0 Å². The van der Waals surface area contributed by atoms with Gasteiger partial charge in [0.25, 0.3) is 0 Å². The first kappa shape index (κ1) is 66.3. The molecule has 8 N–H and O–H groups in total. The molecule has 0 saturated carbocycles.